The summed E-state index contributed by atoms with van der Waals surface area (Å²) in [5, 5.41) is 11.4. The Morgan fingerprint density at radius 1 is 1.14 bits per heavy atom. The van der Waals surface area contributed by atoms with Crippen LogP contribution in [0.5, 0.6) is 0 Å². The van der Waals surface area contributed by atoms with Crippen LogP contribution in [0.4, 0.5) is 11.4 Å². The van der Waals surface area contributed by atoms with Gasteiger partial charge in [0.05, 0.1) is 6.61 Å². The molecule has 1 aliphatic rings. The van der Waals surface area contributed by atoms with Crippen LogP contribution in [-0.2, 0) is 10.1 Å². The number of hydrogen-bond acceptors (Lipinski definition) is 6. The lowest BCUT2D eigenvalue weighted by Crippen LogP contribution is -2.47. The highest BCUT2D eigenvalue weighted by Gasteiger charge is 2.16. The van der Waals surface area contributed by atoms with Gasteiger partial charge >= 0.3 is 0 Å². The third-order valence-electron chi connectivity index (χ3n) is 3.40. The van der Waals surface area contributed by atoms with Crippen LogP contribution in [-0.4, -0.2) is 62.3 Å². The van der Waals surface area contributed by atoms with Crippen molar-refractivity contribution < 1.29 is 18.1 Å². The van der Waals surface area contributed by atoms with Crippen LogP contribution in [0.15, 0.2) is 24.3 Å². The number of hydrogen-bond donors (Lipinski definition) is 3. The molecule has 1 aliphatic heterocycles. The zero-order chi connectivity index (χ0) is 15.3. The Kier molecular flexibility index (Phi) is 5.40. The van der Waals surface area contributed by atoms with Gasteiger partial charge in [-0.15, -0.1) is 0 Å². The molecule has 1 aromatic carbocycles. The van der Waals surface area contributed by atoms with E-state index in [1.54, 1.807) is 12.1 Å². The van der Waals surface area contributed by atoms with Crippen LogP contribution in [0.25, 0.3) is 0 Å². The molecule has 1 radical (unpaired) electrons. The fraction of sp³-hybridized carbons (Fsp3) is 0.462. The van der Waals surface area contributed by atoms with Crippen molar-refractivity contribution in [1.82, 2.24) is 4.90 Å². The van der Waals surface area contributed by atoms with E-state index in [0.29, 0.717) is 18.1 Å². The maximum atomic E-state index is 10.6. The lowest BCUT2D eigenvalue weighted by molar-refractivity contribution is 0.189. The molecule has 3 N–H and O–H groups in total. The summed E-state index contributed by atoms with van der Waals surface area (Å²) in [6.45, 7) is 4.51. The summed E-state index contributed by atoms with van der Waals surface area (Å²) in [5.74, 6) is 0.648. The van der Waals surface area contributed by atoms with E-state index in [0.717, 1.165) is 31.9 Å². The molecule has 1 fully saturated rings. The Labute approximate surface area is 124 Å². The Bertz CT molecular complexity index is 539. The van der Waals surface area contributed by atoms with E-state index in [1.807, 2.05) is 12.1 Å². The van der Waals surface area contributed by atoms with Crippen molar-refractivity contribution in [1.29, 1.82) is 0 Å². The molecule has 0 unspecified atom stereocenters. The second-order valence-electron chi connectivity index (χ2n) is 4.88. The van der Waals surface area contributed by atoms with Crippen LogP contribution < -0.4 is 10.2 Å². The van der Waals surface area contributed by atoms with Crippen LogP contribution >= 0.6 is 0 Å². The monoisotopic (exact) mass is 314 g/mol. The minimum absolute atomic E-state index is 0.185. The molecule has 0 spiro atoms. The van der Waals surface area contributed by atoms with E-state index in [4.69, 9.17) is 9.66 Å². The highest BCUT2D eigenvalue weighted by atomic mass is 32.2. The van der Waals surface area contributed by atoms with E-state index in [-0.39, 0.29) is 6.61 Å². The number of aliphatic hydroxyl groups is 1. The molecule has 7 nitrogen and oxygen atoms in total. The summed E-state index contributed by atoms with van der Waals surface area (Å²) in [4.78, 5) is 4.46. The summed E-state index contributed by atoms with van der Waals surface area (Å²) in [5.41, 5.74) is 1.66. The van der Waals surface area contributed by atoms with E-state index >= 15 is 0 Å². The molecule has 0 atom stereocenters. The molecule has 1 heterocycles. The van der Waals surface area contributed by atoms with Gasteiger partial charge in [-0.05, 0) is 24.3 Å². The first kappa shape index (κ1) is 16.0. The smallest absolute Gasteiger partial charge is 0.289 e. The Morgan fingerprint density at radius 2 is 1.76 bits per heavy atom. The predicted molar refractivity (Wildman–Crippen MR) is 81.7 cm³/mol. The van der Waals surface area contributed by atoms with Gasteiger partial charge in [-0.25, -0.2) is 0 Å². The summed E-state index contributed by atoms with van der Waals surface area (Å²) in [6.07, 6.45) is 0. The van der Waals surface area contributed by atoms with Gasteiger partial charge < -0.3 is 15.3 Å². The summed E-state index contributed by atoms with van der Waals surface area (Å²) >= 11 is 0. The predicted octanol–water partition coefficient (Wildman–Crippen LogP) is 0.220. The van der Waals surface area contributed by atoms with Crippen LogP contribution in [0.2, 0.25) is 0 Å². The van der Waals surface area contributed by atoms with E-state index in [9.17, 15) is 8.42 Å². The normalized spacial score (nSPS) is 17.0. The van der Waals surface area contributed by atoms with Crippen LogP contribution in [0, 0.1) is 5.88 Å². The number of benzene rings is 1. The quantitative estimate of drug-likeness (QED) is 0.647. The molecule has 1 saturated heterocycles. The van der Waals surface area contributed by atoms with Crippen molar-refractivity contribution in [2.45, 2.75) is 0 Å². The van der Waals surface area contributed by atoms with E-state index in [2.05, 4.69) is 15.1 Å². The number of aliphatic hydroxyl groups excluding tert-OH is 1. The molecule has 0 aliphatic carbocycles. The zero-order valence-electron chi connectivity index (χ0n) is 11.6. The Hall–Kier alpha value is -1.35. The van der Waals surface area contributed by atoms with Crippen molar-refractivity contribution in [3.05, 3.63) is 30.1 Å². The highest BCUT2D eigenvalue weighted by Crippen LogP contribution is 2.19. The summed E-state index contributed by atoms with van der Waals surface area (Å²) in [6, 6.07) is 7.33. The average Bonchev–Trinajstić information content (AvgIpc) is 2.46. The van der Waals surface area contributed by atoms with Gasteiger partial charge in [0.15, 0.2) is 5.88 Å². The van der Waals surface area contributed by atoms with Crippen molar-refractivity contribution in [2.24, 2.45) is 0 Å². The number of β-amino-alcohol motifs (C(OH)–C–C–N with tert-alkyl or cyclic N) is 1. The molecule has 117 valence electrons. The van der Waals surface area contributed by atoms with E-state index in [1.165, 1.54) is 0 Å². The lowest BCUT2D eigenvalue weighted by atomic mass is 10.2. The molecule has 8 heteroatoms. The number of nitrogens with one attached hydrogen (secondary N) is 1. The first-order valence-corrected chi connectivity index (χ1v) is 8.24. The number of anilines is 2. The third kappa shape index (κ3) is 5.16. The first-order chi connectivity index (χ1) is 9.98. The van der Waals surface area contributed by atoms with Crippen molar-refractivity contribution in [2.75, 3.05) is 49.5 Å². The zero-order valence-corrected chi connectivity index (χ0v) is 12.5. The Balaban J connectivity index is 1.88. The molecule has 0 amide bonds. The topological polar surface area (TPSA) is 93.1 Å². The van der Waals surface area contributed by atoms with Crippen LogP contribution in [0.1, 0.15) is 0 Å². The fourth-order valence-electron chi connectivity index (χ4n) is 2.28. The molecular weight excluding hydrogens is 294 g/mol. The molecular formula is C13H20N3O4S. The van der Waals surface area contributed by atoms with Gasteiger partial charge in [-0.1, -0.05) is 0 Å². The van der Waals surface area contributed by atoms with Crippen LogP contribution in [0.3, 0.4) is 0 Å². The van der Waals surface area contributed by atoms with Crippen molar-refractivity contribution >= 4 is 21.5 Å². The van der Waals surface area contributed by atoms with E-state index < -0.39 is 10.1 Å². The largest absolute Gasteiger partial charge is 0.395 e. The molecule has 2 rings (SSSR count). The number of piperazine rings is 1. The second kappa shape index (κ2) is 7.08. The average molecular weight is 314 g/mol. The number of nitrogens with zero attached hydrogens (tertiary/aromatic N) is 2. The van der Waals surface area contributed by atoms with Gasteiger partial charge in [-0.2, -0.15) is 8.42 Å². The lowest BCUT2D eigenvalue weighted by Gasteiger charge is -2.35. The standard InChI is InChI=1S/C13H20N3O4S/c17-10-9-15-5-7-16(8-6-15)13-3-1-12(2-4-13)14-11-21(18,19)20/h1-4,11,14,17H,5-10H2,(H,18,19,20). The number of rotatable bonds is 6. The molecule has 0 bridgehead atoms. The Morgan fingerprint density at radius 3 is 2.29 bits per heavy atom. The van der Waals surface area contributed by atoms with Crippen molar-refractivity contribution in [3.8, 4) is 0 Å². The summed E-state index contributed by atoms with van der Waals surface area (Å²) < 4.78 is 29.8. The maximum absolute atomic E-state index is 10.6. The first-order valence-electron chi connectivity index (χ1n) is 6.73. The molecule has 0 aromatic heterocycles. The maximum Gasteiger partial charge on any atom is 0.289 e. The molecule has 21 heavy (non-hydrogen) atoms. The van der Waals surface area contributed by atoms with Gasteiger partial charge in [-0.3, -0.25) is 9.45 Å². The molecule has 0 saturated carbocycles. The minimum Gasteiger partial charge on any atom is -0.395 e. The van der Waals surface area contributed by atoms with Gasteiger partial charge in [0, 0.05) is 44.1 Å². The minimum atomic E-state index is -4.14. The fourth-order valence-corrected chi connectivity index (χ4v) is 2.57. The SMILES string of the molecule is O=S(=O)(O)[CH]Nc1ccc(N2CCN(CCO)CC2)cc1. The molecule has 1 aromatic rings. The second-order valence-corrected chi connectivity index (χ2v) is 6.14. The highest BCUT2D eigenvalue weighted by molar-refractivity contribution is 7.87. The van der Waals surface area contributed by atoms with Crippen molar-refractivity contribution in [3.63, 3.8) is 0 Å². The summed E-state index contributed by atoms with van der Waals surface area (Å²) in [7, 11) is -4.14. The third-order valence-corrected chi connectivity index (χ3v) is 3.81. The van der Waals surface area contributed by atoms with Gasteiger partial charge in [0.1, 0.15) is 0 Å². The van der Waals surface area contributed by atoms with Gasteiger partial charge in [0.25, 0.3) is 10.1 Å². The van der Waals surface area contributed by atoms with Gasteiger partial charge in [0.2, 0.25) is 0 Å².